The van der Waals surface area contributed by atoms with Gasteiger partial charge in [0.25, 0.3) is 0 Å². The number of carbonyl (C=O) groups excluding carboxylic acids is 3. The Morgan fingerprint density at radius 1 is 0.700 bits per heavy atom. The normalized spacial score (nSPS) is 14.2. The van der Waals surface area contributed by atoms with E-state index in [1.54, 1.807) is 38.1 Å². The van der Waals surface area contributed by atoms with Gasteiger partial charge in [0.1, 0.15) is 29.6 Å². The van der Waals surface area contributed by atoms with E-state index in [4.69, 9.17) is 5.73 Å². The van der Waals surface area contributed by atoms with Crippen LogP contribution in [0.15, 0.2) is 48.5 Å². The average molecular weight is 557 g/mol. The van der Waals surface area contributed by atoms with E-state index in [1.165, 1.54) is 24.3 Å². The minimum absolute atomic E-state index is 0.0228. The Hall–Kier alpha value is -4.12. The first-order valence-corrected chi connectivity index (χ1v) is 13.2. The molecule has 0 radical (unpaired) electrons. The minimum atomic E-state index is -1.26. The molecule has 218 valence electrons. The van der Waals surface area contributed by atoms with E-state index in [0.717, 1.165) is 5.56 Å². The molecule has 0 heterocycles. The second-order valence-electron chi connectivity index (χ2n) is 10.7. The lowest BCUT2D eigenvalue weighted by molar-refractivity contribution is -0.142. The first-order chi connectivity index (χ1) is 18.8. The lowest BCUT2D eigenvalue weighted by Crippen LogP contribution is -2.59. The van der Waals surface area contributed by atoms with Crippen molar-refractivity contribution in [2.24, 2.45) is 17.6 Å². The summed E-state index contributed by atoms with van der Waals surface area (Å²) in [6.07, 6.45) is 0.455. The third-order valence-corrected chi connectivity index (χ3v) is 6.31. The van der Waals surface area contributed by atoms with Gasteiger partial charge in [-0.3, -0.25) is 14.4 Å². The van der Waals surface area contributed by atoms with Crippen molar-refractivity contribution < 1.29 is 34.5 Å². The molecule has 0 aliphatic carbocycles. The molecule has 0 aliphatic heterocycles. The smallest absolute Gasteiger partial charge is 0.326 e. The molecule has 2 aromatic rings. The number of rotatable bonds is 14. The fourth-order valence-electron chi connectivity index (χ4n) is 4.08. The fourth-order valence-corrected chi connectivity index (χ4v) is 4.08. The zero-order valence-electron chi connectivity index (χ0n) is 23.3. The molecule has 40 heavy (non-hydrogen) atoms. The van der Waals surface area contributed by atoms with Gasteiger partial charge in [-0.1, -0.05) is 52.0 Å². The summed E-state index contributed by atoms with van der Waals surface area (Å²) in [4.78, 5) is 51.1. The van der Waals surface area contributed by atoms with Crippen LogP contribution in [0.2, 0.25) is 0 Å². The van der Waals surface area contributed by atoms with Crippen LogP contribution in [0, 0.1) is 11.8 Å². The monoisotopic (exact) mass is 556 g/mol. The second-order valence-corrected chi connectivity index (χ2v) is 10.7. The van der Waals surface area contributed by atoms with Crippen molar-refractivity contribution in [2.45, 2.75) is 71.1 Å². The van der Waals surface area contributed by atoms with E-state index < -0.39 is 47.9 Å². The van der Waals surface area contributed by atoms with Gasteiger partial charge in [-0.2, -0.15) is 0 Å². The van der Waals surface area contributed by atoms with E-state index in [0.29, 0.717) is 5.56 Å². The van der Waals surface area contributed by atoms with E-state index in [-0.39, 0.29) is 42.6 Å². The van der Waals surface area contributed by atoms with E-state index >= 15 is 0 Å². The number of nitrogens with two attached hydrogens (primary N) is 1. The number of hydrogen-bond donors (Lipinski definition) is 7. The van der Waals surface area contributed by atoms with Crippen LogP contribution in [0.5, 0.6) is 11.5 Å². The van der Waals surface area contributed by atoms with Gasteiger partial charge in [0.05, 0.1) is 6.04 Å². The van der Waals surface area contributed by atoms with Gasteiger partial charge in [0, 0.05) is 6.42 Å². The molecule has 0 fully saturated rings. The lowest BCUT2D eigenvalue weighted by atomic mass is 9.98. The molecule has 4 unspecified atom stereocenters. The van der Waals surface area contributed by atoms with Gasteiger partial charge in [0.2, 0.25) is 17.7 Å². The number of hydrogen-bond acceptors (Lipinski definition) is 7. The number of carbonyl (C=O) groups is 4. The van der Waals surface area contributed by atoms with E-state index in [2.05, 4.69) is 16.0 Å². The van der Waals surface area contributed by atoms with Crippen molar-refractivity contribution in [3.63, 3.8) is 0 Å². The van der Waals surface area contributed by atoms with Crippen LogP contribution >= 0.6 is 0 Å². The number of carboxylic acid groups (broad SMARTS) is 1. The van der Waals surface area contributed by atoms with Gasteiger partial charge in [-0.25, -0.2) is 4.79 Å². The molecular weight excluding hydrogens is 516 g/mol. The van der Waals surface area contributed by atoms with Gasteiger partial charge < -0.3 is 37.0 Å². The van der Waals surface area contributed by atoms with E-state index in [1.807, 2.05) is 13.8 Å². The van der Waals surface area contributed by atoms with Gasteiger partial charge in [0.15, 0.2) is 0 Å². The Balaban J connectivity index is 2.10. The maximum Gasteiger partial charge on any atom is 0.326 e. The summed E-state index contributed by atoms with van der Waals surface area (Å²) in [7, 11) is 0. The molecule has 0 saturated heterocycles. The van der Waals surface area contributed by atoms with Crippen molar-refractivity contribution in [3.8, 4) is 11.5 Å². The van der Waals surface area contributed by atoms with Crippen LogP contribution in [0.25, 0.3) is 0 Å². The van der Waals surface area contributed by atoms with Crippen molar-refractivity contribution in [1.29, 1.82) is 0 Å². The van der Waals surface area contributed by atoms with Crippen LogP contribution in [0.3, 0.4) is 0 Å². The van der Waals surface area contributed by atoms with Crippen LogP contribution in [0.4, 0.5) is 0 Å². The quantitative estimate of drug-likeness (QED) is 0.182. The number of carboxylic acids is 1. The Morgan fingerprint density at radius 2 is 1.18 bits per heavy atom. The summed E-state index contributed by atoms with van der Waals surface area (Å²) in [5, 5.41) is 36.4. The largest absolute Gasteiger partial charge is 0.508 e. The summed E-state index contributed by atoms with van der Waals surface area (Å²) >= 11 is 0. The molecule has 11 nitrogen and oxygen atoms in total. The number of benzene rings is 2. The highest BCUT2D eigenvalue weighted by Gasteiger charge is 2.32. The molecule has 11 heteroatoms. The summed E-state index contributed by atoms with van der Waals surface area (Å²) in [6, 6.07) is 8.00. The van der Waals surface area contributed by atoms with Crippen LogP contribution < -0.4 is 21.7 Å². The predicted molar refractivity (Wildman–Crippen MR) is 149 cm³/mol. The zero-order valence-corrected chi connectivity index (χ0v) is 23.3. The van der Waals surface area contributed by atoms with Crippen molar-refractivity contribution >= 4 is 23.7 Å². The highest BCUT2D eigenvalue weighted by Crippen LogP contribution is 2.14. The van der Waals surface area contributed by atoms with Crippen LogP contribution in [-0.2, 0) is 32.0 Å². The molecule has 2 aromatic carbocycles. The molecule has 0 saturated carbocycles. The average Bonchev–Trinajstić information content (AvgIpc) is 2.88. The van der Waals surface area contributed by atoms with Crippen molar-refractivity contribution in [3.05, 3.63) is 59.7 Å². The topological polar surface area (TPSA) is 191 Å². The molecule has 0 aliphatic rings. The highest BCUT2D eigenvalue weighted by atomic mass is 16.4. The number of nitrogens with one attached hydrogen (secondary N) is 3. The summed E-state index contributed by atoms with van der Waals surface area (Å²) in [5.41, 5.74) is 7.41. The Kier molecular flexibility index (Phi) is 11.9. The summed E-state index contributed by atoms with van der Waals surface area (Å²) in [6.45, 7) is 7.19. The summed E-state index contributed by atoms with van der Waals surface area (Å²) < 4.78 is 0. The lowest BCUT2D eigenvalue weighted by Gasteiger charge is -2.27. The van der Waals surface area contributed by atoms with Crippen molar-refractivity contribution in [1.82, 2.24) is 16.0 Å². The molecule has 0 aromatic heterocycles. The highest BCUT2D eigenvalue weighted by molar-refractivity contribution is 5.94. The molecule has 0 bridgehead atoms. The molecule has 4 atom stereocenters. The van der Waals surface area contributed by atoms with Gasteiger partial charge in [-0.05, 0) is 60.1 Å². The van der Waals surface area contributed by atoms with E-state index in [9.17, 15) is 34.5 Å². The molecule has 0 spiro atoms. The predicted octanol–water partition coefficient (Wildman–Crippen LogP) is 1.45. The zero-order chi connectivity index (χ0) is 30.0. The number of phenolic OH excluding ortho intramolecular Hbond substituents is 2. The number of amides is 3. The van der Waals surface area contributed by atoms with Crippen LogP contribution in [0.1, 0.15) is 45.2 Å². The Labute approximate surface area is 234 Å². The van der Waals surface area contributed by atoms with Crippen LogP contribution in [-0.4, -0.2) is 63.2 Å². The maximum absolute atomic E-state index is 13.3. The van der Waals surface area contributed by atoms with Gasteiger partial charge in [-0.15, -0.1) is 0 Å². The Morgan fingerprint density at radius 3 is 1.62 bits per heavy atom. The summed E-state index contributed by atoms with van der Waals surface area (Å²) in [5.74, 6) is -3.29. The maximum atomic E-state index is 13.3. The Bertz CT molecular complexity index is 1150. The molecule has 2 rings (SSSR count). The third kappa shape index (κ3) is 10.2. The second kappa shape index (κ2) is 14.9. The van der Waals surface area contributed by atoms with Gasteiger partial charge >= 0.3 is 5.97 Å². The third-order valence-electron chi connectivity index (χ3n) is 6.31. The first kappa shape index (κ1) is 32.1. The standard InChI is InChI=1S/C29H40N4O7/c1-16(2)13-23(31-26(36)22(30)14-18-5-9-20(34)10-6-18)27(37)33-25(17(3)4)28(38)32-24(29(39)40)15-19-7-11-21(35)12-8-19/h5-12,16-17,22-25,34-35H,13-15,30H2,1-4H3,(H,31,36)(H,32,38)(H,33,37)(H,39,40). The first-order valence-electron chi connectivity index (χ1n) is 13.2. The van der Waals surface area contributed by atoms with Crippen molar-refractivity contribution in [2.75, 3.05) is 0 Å². The number of aromatic hydroxyl groups is 2. The fraction of sp³-hybridized carbons (Fsp3) is 0.448. The molecule has 3 amide bonds. The number of phenols is 2. The minimum Gasteiger partial charge on any atom is -0.508 e. The molecular formula is C29H40N4O7. The molecule has 8 N–H and O–H groups in total. The SMILES string of the molecule is CC(C)CC(NC(=O)C(N)Cc1ccc(O)cc1)C(=O)NC(C(=O)NC(Cc1ccc(O)cc1)C(=O)O)C(C)C. The number of aliphatic carboxylic acids is 1.